The molecule has 0 atom stereocenters. The normalized spacial score (nSPS) is 16.1. The fourth-order valence-corrected chi connectivity index (χ4v) is 3.16. The molecule has 7 heteroatoms. The quantitative estimate of drug-likeness (QED) is 0.808. The third-order valence-corrected chi connectivity index (χ3v) is 4.47. The molecule has 4 nitrogen and oxygen atoms in total. The zero-order valence-electron chi connectivity index (χ0n) is 12.3. The Kier molecular flexibility index (Phi) is 4.87. The number of hydrogen-bond acceptors (Lipinski definition) is 4. The fourth-order valence-electron chi connectivity index (χ4n) is 2.14. The summed E-state index contributed by atoms with van der Waals surface area (Å²) in [5.74, 6) is -0.899. The van der Waals surface area contributed by atoms with Crippen LogP contribution in [0.5, 0.6) is 0 Å². The second-order valence-electron chi connectivity index (χ2n) is 4.98. The molecular weight excluding hydrogens is 351 g/mol. The van der Waals surface area contributed by atoms with Gasteiger partial charge in [0.15, 0.2) is 0 Å². The van der Waals surface area contributed by atoms with E-state index in [4.69, 9.17) is 11.6 Å². The predicted molar refractivity (Wildman–Crippen MR) is 94.2 cm³/mol. The van der Waals surface area contributed by atoms with Crippen LogP contribution in [0.1, 0.15) is 5.56 Å². The lowest BCUT2D eigenvalue weighted by molar-refractivity contribution is -0.122. The summed E-state index contributed by atoms with van der Waals surface area (Å²) in [6.07, 6.45) is 1.39. The maximum atomic E-state index is 13.7. The minimum atomic E-state index is -0.456. The Morgan fingerprint density at radius 2 is 1.96 bits per heavy atom. The number of amides is 2. The van der Waals surface area contributed by atoms with Crippen LogP contribution < -0.4 is 5.32 Å². The van der Waals surface area contributed by atoms with Gasteiger partial charge in [-0.05, 0) is 42.1 Å². The first-order valence-corrected chi connectivity index (χ1v) is 8.23. The van der Waals surface area contributed by atoms with Gasteiger partial charge in [0.2, 0.25) is 0 Å². The zero-order chi connectivity index (χ0) is 17.1. The first kappa shape index (κ1) is 16.5. The monoisotopic (exact) mass is 362 g/mol. The molecule has 24 heavy (non-hydrogen) atoms. The average Bonchev–Trinajstić information content (AvgIpc) is 2.82. The molecule has 0 unspecified atom stereocenters. The molecule has 3 rings (SSSR count). The van der Waals surface area contributed by atoms with Gasteiger partial charge in [0.1, 0.15) is 5.82 Å². The Balaban J connectivity index is 1.73. The van der Waals surface area contributed by atoms with Crippen LogP contribution in [-0.2, 0) is 4.79 Å². The summed E-state index contributed by atoms with van der Waals surface area (Å²) in [4.78, 5) is 25.6. The molecule has 0 radical (unpaired) electrons. The van der Waals surface area contributed by atoms with Crippen molar-refractivity contribution < 1.29 is 14.0 Å². The number of nitrogens with zero attached hydrogens (tertiary/aromatic N) is 1. The van der Waals surface area contributed by atoms with E-state index >= 15 is 0 Å². The highest BCUT2D eigenvalue weighted by atomic mass is 35.5. The lowest BCUT2D eigenvalue weighted by atomic mass is 10.2. The van der Waals surface area contributed by atoms with Crippen LogP contribution in [0.25, 0.3) is 6.08 Å². The second-order valence-corrected chi connectivity index (χ2v) is 6.41. The summed E-state index contributed by atoms with van der Waals surface area (Å²) in [6, 6.07) is 13.0. The average molecular weight is 363 g/mol. The van der Waals surface area contributed by atoms with Crippen LogP contribution in [0.15, 0.2) is 53.4 Å². The van der Waals surface area contributed by atoms with Gasteiger partial charge in [0.05, 0.1) is 11.6 Å². The van der Waals surface area contributed by atoms with Gasteiger partial charge in [-0.3, -0.25) is 14.5 Å². The van der Waals surface area contributed by atoms with Crippen LogP contribution in [-0.4, -0.2) is 22.7 Å². The molecule has 122 valence electrons. The highest BCUT2D eigenvalue weighted by molar-refractivity contribution is 8.18. The predicted octanol–water partition coefficient (Wildman–Crippen LogP) is 4.59. The van der Waals surface area contributed by atoms with Crippen molar-refractivity contribution in [2.45, 2.75) is 0 Å². The summed E-state index contributed by atoms with van der Waals surface area (Å²) in [5, 5.41) is 3.11. The van der Waals surface area contributed by atoms with Crippen molar-refractivity contribution in [3.05, 3.63) is 69.8 Å². The number of thioether (sulfide) groups is 1. The molecule has 1 aliphatic rings. The highest BCUT2D eigenvalue weighted by Gasteiger charge is 2.34. The smallest absolute Gasteiger partial charge is 0.295 e. The number of nitrogens with one attached hydrogen (secondary N) is 1. The van der Waals surface area contributed by atoms with Crippen molar-refractivity contribution in [3.63, 3.8) is 0 Å². The van der Waals surface area contributed by atoms with Crippen LogP contribution in [0.2, 0.25) is 5.02 Å². The largest absolute Gasteiger partial charge is 0.367 e. The number of anilines is 1. The summed E-state index contributed by atoms with van der Waals surface area (Å²) >= 11 is 6.68. The molecule has 0 spiro atoms. The Morgan fingerprint density at radius 3 is 2.71 bits per heavy atom. The molecule has 1 heterocycles. The first-order chi connectivity index (χ1) is 11.5. The third-order valence-electron chi connectivity index (χ3n) is 3.33. The topological polar surface area (TPSA) is 49.4 Å². The first-order valence-electron chi connectivity index (χ1n) is 7.04. The van der Waals surface area contributed by atoms with E-state index in [2.05, 4.69) is 5.32 Å². The van der Waals surface area contributed by atoms with E-state index in [0.717, 1.165) is 16.7 Å². The van der Waals surface area contributed by atoms with E-state index in [1.807, 2.05) is 0 Å². The minimum Gasteiger partial charge on any atom is -0.367 e. The van der Waals surface area contributed by atoms with Crippen molar-refractivity contribution in [1.82, 2.24) is 4.90 Å². The SMILES string of the molecule is O=C1S/C(=C/c2ccccc2F)C(=O)N1CNc1cccc(Cl)c1. The molecule has 0 saturated carbocycles. The van der Waals surface area contributed by atoms with Gasteiger partial charge in [-0.1, -0.05) is 35.9 Å². The molecular formula is C17H12ClFN2O2S. The van der Waals surface area contributed by atoms with Gasteiger partial charge >= 0.3 is 0 Å². The molecule has 0 aromatic heterocycles. The number of benzene rings is 2. The molecule has 1 fully saturated rings. The minimum absolute atomic E-state index is 0.0135. The number of hydrogen-bond donors (Lipinski definition) is 1. The third kappa shape index (κ3) is 3.60. The van der Waals surface area contributed by atoms with Gasteiger partial charge in [0, 0.05) is 16.3 Å². The van der Waals surface area contributed by atoms with Crippen molar-refractivity contribution in [2.75, 3.05) is 12.0 Å². The van der Waals surface area contributed by atoms with E-state index < -0.39 is 17.0 Å². The summed E-state index contributed by atoms with van der Waals surface area (Å²) < 4.78 is 13.7. The Morgan fingerprint density at radius 1 is 1.17 bits per heavy atom. The molecule has 1 aliphatic heterocycles. The number of carbonyl (C=O) groups is 2. The van der Waals surface area contributed by atoms with Crippen LogP contribution in [0.4, 0.5) is 14.9 Å². The summed E-state index contributed by atoms with van der Waals surface area (Å²) in [7, 11) is 0. The number of halogens is 2. The van der Waals surface area contributed by atoms with Gasteiger partial charge in [0.25, 0.3) is 11.1 Å². The Labute approximate surface area is 147 Å². The molecule has 1 N–H and O–H groups in total. The molecule has 1 saturated heterocycles. The zero-order valence-corrected chi connectivity index (χ0v) is 13.9. The van der Waals surface area contributed by atoms with Crippen LogP contribution in [0.3, 0.4) is 0 Å². The maximum Gasteiger partial charge on any atom is 0.295 e. The lowest BCUT2D eigenvalue weighted by Crippen LogP contribution is -2.33. The molecule has 2 amide bonds. The Hall–Kier alpha value is -2.31. The summed E-state index contributed by atoms with van der Waals surface area (Å²) in [6.45, 7) is 0.0135. The maximum absolute atomic E-state index is 13.7. The highest BCUT2D eigenvalue weighted by Crippen LogP contribution is 2.32. The number of imide groups is 1. The van der Waals surface area contributed by atoms with Gasteiger partial charge in [-0.15, -0.1) is 0 Å². The van der Waals surface area contributed by atoms with E-state index in [0.29, 0.717) is 10.7 Å². The van der Waals surface area contributed by atoms with Gasteiger partial charge in [-0.25, -0.2) is 4.39 Å². The fraction of sp³-hybridized carbons (Fsp3) is 0.0588. The number of rotatable bonds is 4. The molecule has 2 aromatic carbocycles. The summed E-state index contributed by atoms with van der Waals surface area (Å²) in [5.41, 5.74) is 0.963. The van der Waals surface area contributed by atoms with Crippen molar-refractivity contribution in [2.24, 2.45) is 0 Å². The molecule has 2 aromatic rings. The van der Waals surface area contributed by atoms with Gasteiger partial charge in [-0.2, -0.15) is 0 Å². The lowest BCUT2D eigenvalue weighted by Gasteiger charge is -2.14. The standard InChI is InChI=1S/C17H12ClFN2O2S/c18-12-5-3-6-13(9-12)20-10-21-16(22)15(24-17(21)23)8-11-4-1-2-7-14(11)19/h1-9,20H,10H2/b15-8+. The van der Waals surface area contributed by atoms with E-state index in [1.54, 1.807) is 42.5 Å². The molecule has 0 aliphatic carbocycles. The van der Waals surface area contributed by atoms with Crippen molar-refractivity contribution >= 4 is 46.3 Å². The van der Waals surface area contributed by atoms with E-state index in [-0.39, 0.29) is 17.1 Å². The van der Waals surface area contributed by atoms with Crippen LogP contribution >= 0.6 is 23.4 Å². The van der Waals surface area contributed by atoms with E-state index in [1.165, 1.54) is 12.1 Å². The van der Waals surface area contributed by atoms with Gasteiger partial charge < -0.3 is 5.32 Å². The molecule has 0 bridgehead atoms. The van der Waals surface area contributed by atoms with Crippen molar-refractivity contribution in [3.8, 4) is 0 Å². The van der Waals surface area contributed by atoms with Crippen molar-refractivity contribution in [1.29, 1.82) is 0 Å². The number of carbonyl (C=O) groups excluding carboxylic acids is 2. The Bertz CT molecular complexity index is 841. The van der Waals surface area contributed by atoms with Crippen LogP contribution in [0, 0.1) is 5.82 Å². The van der Waals surface area contributed by atoms with E-state index in [9.17, 15) is 14.0 Å². The second kappa shape index (κ2) is 7.07.